The Morgan fingerprint density at radius 1 is 1.00 bits per heavy atom. The first-order valence-electron chi connectivity index (χ1n) is 9.97. The van der Waals surface area contributed by atoms with Crippen LogP contribution in [0.2, 0.25) is 0 Å². The van der Waals surface area contributed by atoms with E-state index in [4.69, 9.17) is 4.74 Å². The number of carbonyl (C=O) groups is 3. The number of carbonyl (C=O) groups excluding carboxylic acids is 2. The molecule has 0 aliphatic heterocycles. The number of carboxylic acids is 1. The molecule has 0 saturated heterocycles. The van der Waals surface area contributed by atoms with E-state index in [9.17, 15) is 29.6 Å². The van der Waals surface area contributed by atoms with Crippen LogP contribution in [-0.2, 0) is 11.2 Å². The number of ether oxygens (including phenoxy) is 1. The fourth-order valence-corrected chi connectivity index (χ4v) is 3.24. The van der Waals surface area contributed by atoms with E-state index < -0.39 is 22.8 Å². The van der Waals surface area contributed by atoms with Crippen LogP contribution in [0, 0.1) is 10.1 Å². The van der Waals surface area contributed by atoms with Crippen molar-refractivity contribution in [3.8, 4) is 0 Å². The van der Waals surface area contributed by atoms with Gasteiger partial charge in [-0.2, -0.15) is 0 Å². The van der Waals surface area contributed by atoms with Gasteiger partial charge in [-0.25, -0.2) is 9.59 Å². The predicted octanol–water partition coefficient (Wildman–Crippen LogP) is 4.31. The standard InChI is InChI=1S/C24H20N2O7/c1-2-33-24(30)19-11-10-15(13-20(19)23(28)29)12-16-6-3-4-9-21(16)25-22(27)17-7-5-8-18(14-17)26(31)32/h3-11,13-14H,2,12H2,1H3,(H,25,27)(H,28,29). The fourth-order valence-electron chi connectivity index (χ4n) is 3.24. The smallest absolute Gasteiger partial charge is 0.338 e. The van der Waals surface area contributed by atoms with E-state index in [2.05, 4.69) is 5.32 Å². The Kier molecular flexibility index (Phi) is 7.14. The monoisotopic (exact) mass is 448 g/mol. The SMILES string of the molecule is CCOC(=O)c1ccc(Cc2ccccc2NC(=O)c2cccc([N+](=O)[O-])c2)cc1C(=O)O. The lowest BCUT2D eigenvalue weighted by molar-refractivity contribution is -0.384. The quantitative estimate of drug-likeness (QED) is 0.298. The lowest BCUT2D eigenvalue weighted by atomic mass is 9.98. The van der Waals surface area contributed by atoms with Crippen molar-refractivity contribution in [3.63, 3.8) is 0 Å². The normalized spacial score (nSPS) is 10.3. The zero-order valence-electron chi connectivity index (χ0n) is 17.6. The minimum atomic E-state index is -1.26. The van der Waals surface area contributed by atoms with Crippen molar-refractivity contribution in [3.05, 3.63) is 105 Å². The first-order valence-corrected chi connectivity index (χ1v) is 9.97. The van der Waals surface area contributed by atoms with Gasteiger partial charge < -0.3 is 15.2 Å². The van der Waals surface area contributed by atoms with Crippen LogP contribution in [0.5, 0.6) is 0 Å². The molecule has 0 spiro atoms. The van der Waals surface area contributed by atoms with Crippen LogP contribution in [0.3, 0.4) is 0 Å². The van der Waals surface area contributed by atoms with E-state index in [-0.39, 0.29) is 35.4 Å². The average Bonchev–Trinajstić information content (AvgIpc) is 2.80. The van der Waals surface area contributed by atoms with Crippen molar-refractivity contribution < 1.29 is 29.2 Å². The van der Waals surface area contributed by atoms with Gasteiger partial charge in [0.15, 0.2) is 0 Å². The Morgan fingerprint density at radius 2 is 1.76 bits per heavy atom. The third-order valence-corrected chi connectivity index (χ3v) is 4.79. The van der Waals surface area contributed by atoms with Crippen molar-refractivity contribution in [2.24, 2.45) is 0 Å². The number of nitrogens with zero attached hydrogens (tertiary/aromatic N) is 1. The zero-order chi connectivity index (χ0) is 24.0. The third-order valence-electron chi connectivity index (χ3n) is 4.79. The minimum absolute atomic E-state index is 0.0413. The molecule has 9 heteroatoms. The van der Waals surface area contributed by atoms with E-state index in [1.54, 1.807) is 37.3 Å². The number of anilines is 1. The molecule has 9 nitrogen and oxygen atoms in total. The van der Waals surface area contributed by atoms with Crippen LogP contribution in [0.4, 0.5) is 11.4 Å². The molecule has 3 rings (SSSR count). The Morgan fingerprint density at radius 3 is 2.45 bits per heavy atom. The number of nitrogens with one attached hydrogen (secondary N) is 1. The lowest BCUT2D eigenvalue weighted by Crippen LogP contribution is -2.14. The fraction of sp³-hybridized carbons (Fsp3) is 0.125. The summed E-state index contributed by atoms with van der Waals surface area (Å²) >= 11 is 0. The average molecular weight is 448 g/mol. The van der Waals surface area contributed by atoms with Gasteiger partial charge in [0, 0.05) is 23.4 Å². The molecule has 0 fully saturated rings. The van der Waals surface area contributed by atoms with Crippen LogP contribution in [0.15, 0.2) is 66.7 Å². The molecule has 3 aromatic carbocycles. The Bertz CT molecular complexity index is 1240. The van der Waals surface area contributed by atoms with Crippen LogP contribution >= 0.6 is 0 Å². The van der Waals surface area contributed by atoms with Gasteiger partial charge in [0.2, 0.25) is 0 Å². The number of esters is 1. The molecule has 0 radical (unpaired) electrons. The first-order chi connectivity index (χ1) is 15.8. The third kappa shape index (κ3) is 5.59. The highest BCUT2D eigenvalue weighted by atomic mass is 16.6. The number of carboxylic acid groups (broad SMARTS) is 1. The molecular weight excluding hydrogens is 428 g/mol. The molecule has 2 N–H and O–H groups in total. The van der Waals surface area contributed by atoms with Gasteiger partial charge in [-0.1, -0.05) is 30.3 Å². The molecule has 0 bridgehead atoms. The van der Waals surface area contributed by atoms with E-state index in [1.807, 2.05) is 0 Å². The van der Waals surface area contributed by atoms with Gasteiger partial charge in [0.05, 0.1) is 22.7 Å². The topological polar surface area (TPSA) is 136 Å². The minimum Gasteiger partial charge on any atom is -0.478 e. The number of non-ortho nitro benzene ring substituents is 1. The molecule has 33 heavy (non-hydrogen) atoms. The molecule has 1 amide bonds. The summed E-state index contributed by atoms with van der Waals surface area (Å²) in [7, 11) is 0. The maximum atomic E-state index is 12.7. The summed E-state index contributed by atoms with van der Waals surface area (Å²) in [5.74, 6) is -2.49. The number of nitro groups is 1. The van der Waals surface area contributed by atoms with Gasteiger partial charge >= 0.3 is 11.9 Å². The van der Waals surface area contributed by atoms with Crippen LogP contribution < -0.4 is 5.32 Å². The van der Waals surface area contributed by atoms with Gasteiger partial charge in [0.1, 0.15) is 0 Å². The second-order valence-electron chi connectivity index (χ2n) is 7.00. The van der Waals surface area contributed by atoms with Crippen molar-refractivity contribution in [2.45, 2.75) is 13.3 Å². The van der Waals surface area contributed by atoms with Crippen LogP contribution in [-0.4, -0.2) is 34.5 Å². The summed E-state index contributed by atoms with van der Waals surface area (Å²) < 4.78 is 4.91. The summed E-state index contributed by atoms with van der Waals surface area (Å²) in [6, 6.07) is 16.7. The van der Waals surface area contributed by atoms with Crippen molar-refractivity contribution in [1.29, 1.82) is 0 Å². The molecule has 0 heterocycles. The van der Waals surface area contributed by atoms with Crippen molar-refractivity contribution in [1.82, 2.24) is 0 Å². The summed E-state index contributed by atoms with van der Waals surface area (Å²) in [6.07, 6.45) is 0.273. The second kappa shape index (κ2) is 10.2. The molecule has 0 unspecified atom stereocenters. The van der Waals surface area contributed by atoms with Gasteiger partial charge in [0.25, 0.3) is 11.6 Å². The van der Waals surface area contributed by atoms with Gasteiger partial charge in [-0.3, -0.25) is 14.9 Å². The molecule has 3 aromatic rings. The van der Waals surface area contributed by atoms with Crippen LogP contribution in [0.1, 0.15) is 49.1 Å². The Hall–Kier alpha value is -4.53. The number of para-hydroxylation sites is 1. The molecule has 0 atom stereocenters. The molecular formula is C24H20N2O7. The highest BCUT2D eigenvalue weighted by Gasteiger charge is 2.19. The highest BCUT2D eigenvalue weighted by molar-refractivity contribution is 6.05. The number of amides is 1. The number of hydrogen-bond donors (Lipinski definition) is 2. The number of rotatable bonds is 8. The van der Waals surface area contributed by atoms with Gasteiger partial charge in [-0.15, -0.1) is 0 Å². The number of benzene rings is 3. The van der Waals surface area contributed by atoms with E-state index in [0.29, 0.717) is 16.8 Å². The summed E-state index contributed by atoms with van der Waals surface area (Å²) in [6.45, 7) is 1.75. The van der Waals surface area contributed by atoms with Crippen molar-refractivity contribution in [2.75, 3.05) is 11.9 Å². The molecule has 168 valence electrons. The number of aromatic carboxylic acids is 1. The Labute approximate surface area is 188 Å². The van der Waals surface area contributed by atoms with E-state index in [0.717, 1.165) is 0 Å². The summed E-state index contributed by atoms with van der Waals surface area (Å²) in [5.41, 5.74) is 1.49. The second-order valence-corrected chi connectivity index (χ2v) is 7.00. The highest BCUT2D eigenvalue weighted by Crippen LogP contribution is 2.23. The zero-order valence-corrected chi connectivity index (χ0v) is 17.6. The molecule has 0 saturated carbocycles. The van der Waals surface area contributed by atoms with Crippen LogP contribution in [0.25, 0.3) is 0 Å². The van der Waals surface area contributed by atoms with Crippen molar-refractivity contribution >= 4 is 29.2 Å². The summed E-state index contributed by atoms with van der Waals surface area (Å²) in [5, 5.41) is 23.2. The first kappa shape index (κ1) is 23.1. The molecule has 0 aromatic heterocycles. The Balaban J connectivity index is 1.86. The van der Waals surface area contributed by atoms with E-state index in [1.165, 1.54) is 36.4 Å². The largest absolute Gasteiger partial charge is 0.478 e. The maximum Gasteiger partial charge on any atom is 0.338 e. The molecule has 0 aliphatic rings. The van der Waals surface area contributed by atoms with Gasteiger partial charge in [-0.05, 0) is 48.7 Å². The maximum absolute atomic E-state index is 12.7. The van der Waals surface area contributed by atoms with E-state index >= 15 is 0 Å². The number of nitro benzene ring substituents is 1. The predicted molar refractivity (Wildman–Crippen MR) is 120 cm³/mol. The molecule has 0 aliphatic carbocycles. The lowest BCUT2D eigenvalue weighted by Gasteiger charge is -2.13. The number of hydrogen-bond acceptors (Lipinski definition) is 6. The summed E-state index contributed by atoms with van der Waals surface area (Å²) in [4.78, 5) is 46.8.